The number of nitrogens with two attached hydrogens (primary N) is 1. The van der Waals surface area contributed by atoms with Crippen LogP contribution in [-0.2, 0) is 21.2 Å². The van der Waals surface area contributed by atoms with Gasteiger partial charge < -0.3 is 10.2 Å². The lowest BCUT2D eigenvalue weighted by molar-refractivity contribution is -0.121. The topological polar surface area (TPSA) is 95.7 Å². The van der Waals surface area contributed by atoms with Crippen LogP contribution in [0.4, 0.5) is 0 Å². The second-order valence-electron chi connectivity index (χ2n) is 7.03. The summed E-state index contributed by atoms with van der Waals surface area (Å²) >= 11 is 1.06. The van der Waals surface area contributed by atoms with Crippen LogP contribution < -0.4 is 10.5 Å². The molecule has 7 nitrogen and oxygen atoms in total. The van der Waals surface area contributed by atoms with E-state index in [1.54, 1.807) is 6.07 Å². The predicted octanol–water partition coefficient (Wildman–Crippen LogP) is 0.223. The molecule has 1 atom stereocenters. The summed E-state index contributed by atoms with van der Waals surface area (Å²) < 4.78 is 22.7. The Morgan fingerprint density at radius 2 is 2.00 bits per heavy atom. The predicted molar refractivity (Wildman–Crippen MR) is 98.0 cm³/mol. The molecule has 2 aliphatic rings. The van der Waals surface area contributed by atoms with Crippen molar-refractivity contribution in [1.29, 1.82) is 0 Å². The Hall–Kier alpha value is -1.00. The van der Waals surface area contributed by atoms with Crippen LogP contribution in [-0.4, -0.2) is 69.4 Å². The molecule has 0 spiro atoms. The standard InChI is InChI=1S/C16H26N4O3S2/c1-19-7-5-13(6-8-19)20-9-4-12(11-20)18-15(21)10-14-2-3-16(24-14)25(17,22)23/h2-3,12-13H,4-11H2,1H3,(H,18,21)(H2,17,22,23). The average molecular weight is 387 g/mol. The first-order valence-corrected chi connectivity index (χ1v) is 11.0. The Labute approximate surface area is 153 Å². The second kappa shape index (κ2) is 7.71. The number of hydrogen-bond donors (Lipinski definition) is 2. The van der Waals surface area contributed by atoms with E-state index < -0.39 is 10.0 Å². The molecule has 0 aliphatic carbocycles. The molecule has 0 aromatic carbocycles. The van der Waals surface area contributed by atoms with Gasteiger partial charge in [0.25, 0.3) is 0 Å². The van der Waals surface area contributed by atoms with E-state index in [1.807, 2.05) is 0 Å². The van der Waals surface area contributed by atoms with Crippen LogP contribution in [0.2, 0.25) is 0 Å². The lowest BCUT2D eigenvalue weighted by Gasteiger charge is -2.35. The summed E-state index contributed by atoms with van der Waals surface area (Å²) in [6.07, 6.45) is 3.57. The molecule has 9 heteroatoms. The van der Waals surface area contributed by atoms with Crippen molar-refractivity contribution >= 4 is 27.3 Å². The Bertz CT molecular complexity index is 711. The highest BCUT2D eigenvalue weighted by Gasteiger charge is 2.30. The number of carbonyl (C=O) groups is 1. The molecule has 3 heterocycles. The van der Waals surface area contributed by atoms with Gasteiger partial charge in [0.15, 0.2) is 0 Å². The van der Waals surface area contributed by atoms with Crippen molar-refractivity contribution < 1.29 is 13.2 Å². The zero-order valence-corrected chi connectivity index (χ0v) is 16.1. The normalized spacial score (nSPS) is 23.8. The number of nitrogens with zero attached hydrogens (tertiary/aromatic N) is 2. The van der Waals surface area contributed by atoms with Crippen molar-refractivity contribution in [2.45, 2.75) is 42.0 Å². The van der Waals surface area contributed by atoms with Crippen molar-refractivity contribution in [3.63, 3.8) is 0 Å². The lowest BCUT2D eigenvalue weighted by Crippen LogP contribution is -2.44. The van der Waals surface area contributed by atoms with Gasteiger partial charge in [0.05, 0.1) is 6.42 Å². The first-order valence-electron chi connectivity index (χ1n) is 8.65. The molecule has 2 aliphatic heterocycles. The van der Waals surface area contributed by atoms with Crippen LogP contribution >= 0.6 is 11.3 Å². The summed E-state index contributed by atoms with van der Waals surface area (Å²) in [7, 11) is -1.53. The van der Waals surface area contributed by atoms with E-state index in [0.29, 0.717) is 10.9 Å². The number of thiophene rings is 1. The van der Waals surface area contributed by atoms with E-state index in [4.69, 9.17) is 5.14 Å². The molecule has 2 fully saturated rings. The number of likely N-dealkylation sites (tertiary alicyclic amines) is 2. The molecular weight excluding hydrogens is 360 g/mol. The number of hydrogen-bond acceptors (Lipinski definition) is 6. The lowest BCUT2D eigenvalue weighted by atomic mass is 10.0. The van der Waals surface area contributed by atoms with Gasteiger partial charge >= 0.3 is 0 Å². The molecule has 0 bridgehead atoms. The number of amides is 1. The number of nitrogens with one attached hydrogen (secondary N) is 1. The maximum atomic E-state index is 12.2. The summed E-state index contributed by atoms with van der Waals surface area (Å²) in [5, 5.41) is 8.19. The van der Waals surface area contributed by atoms with Gasteiger partial charge in [-0.2, -0.15) is 0 Å². The molecule has 25 heavy (non-hydrogen) atoms. The number of carbonyl (C=O) groups excluding carboxylic acids is 1. The molecule has 1 amide bonds. The fourth-order valence-corrected chi connectivity index (χ4v) is 5.42. The minimum absolute atomic E-state index is 0.0574. The van der Waals surface area contributed by atoms with Gasteiger partial charge in [-0.25, -0.2) is 13.6 Å². The van der Waals surface area contributed by atoms with Gasteiger partial charge in [0, 0.05) is 30.1 Å². The highest BCUT2D eigenvalue weighted by atomic mass is 32.2. The first kappa shape index (κ1) is 18.8. The summed E-state index contributed by atoms with van der Waals surface area (Å²) in [6, 6.07) is 3.93. The molecule has 1 unspecified atom stereocenters. The average Bonchev–Trinajstić information content (AvgIpc) is 3.17. The quantitative estimate of drug-likeness (QED) is 0.755. The summed E-state index contributed by atoms with van der Waals surface area (Å²) in [6.45, 7) is 4.23. The van der Waals surface area contributed by atoms with Crippen molar-refractivity contribution in [3.05, 3.63) is 17.0 Å². The van der Waals surface area contributed by atoms with E-state index in [0.717, 1.165) is 43.9 Å². The molecule has 0 radical (unpaired) electrons. The maximum Gasteiger partial charge on any atom is 0.247 e. The van der Waals surface area contributed by atoms with Crippen LogP contribution in [0.3, 0.4) is 0 Å². The molecule has 0 saturated carbocycles. The zero-order chi connectivity index (χ0) is 18.0. The second-order valence-corrected chi connectivity index (χ2v) is 9.98. The smallest absolute Gasteiger partial charge is 0.247 e. The summed E-state index contributed by atoms with van der Waals surface area (Å²) in [4.78, 5) is 17.8. The third-order valence-electron chi connectivity index (χ3n) is 5.04. The number of sulfonamides is 1. The van der Waals surface area contributed by atoms with E-state index in [2.05, 4.69) is 22.2 Å². The fraction of sp³-hybridized carbons (Fsp3) is 0.688. The van der Waals surface area contributed by atoms with Gasteiger partial charge in [-0.3, -0.25) is 9.69 Å². The largest absolute Gasteiger partial charge is 0.352 e. The molecule has 1 aromatic heterocycles. The third kappa shape index (κ3) is 5.01. The van der Waals surface area contributed by atoms with E-state index in [-0.39, 0.29) is 22.6 Å². The van der Waals surface area contributed by atoms with E-state index in [1.165, 1.54) is 18.9 Å². The minimum atomic E-state index is -3.69. The first-order chi connectivity index (χ1) is 11.8. The number of piperidine rings is 1. The van der Waals surface area contributed by atoms with Crippen LogP contribution in [0.5, 0.6) is 0 Å². The fourth-order valence-electron chi connectivity index (χ4n) is 3.64. The van der Waals surface area contributed by atoms with Gasteiger partial charge in [0.1, 0.15) is 4.21 Å². The molecule has 2 saturated heterocycles. The minimum Gasteiger partial charge on any atom is -0.352 e. The van der Waals surface area contributed by atoms with Crippen molar-refractivity contribution in [1.82, 2.24) is 15.1 Å². The molecule has 1 aromatic rings. The van der Waals surface area contributed by atoms with Crippen molar-refractivity contribution in [2.24, 2.45) is 5.14 Å². The van der Waals surface area contributed by atoms with Crippen molar-refractivity contribution in [2.75, 3.05) is 33.2 Å². The monoisotopic (exact) mass is 386 g/mol. The Morgan fingerprint density at radius 1 is 1.28 bits per heavy atom. The zero-order valence-electron chi connectivity index (χ0n) is 14.5. The van der Waals surface area contributed by atoms with Crippen LogP contribution in [0, 0.1) is 0 Å². The van der Waals surface area contributed by atoms with Crippen LogP contribution in [0.1, 0.15) is 24.1 Å². The highest BCUT2D eigenvalue weighted by molar-refractivity contribution is 7.91. The number of primary sulfonamides is 1. The third-order valence-corrected chi connectivity index (χ3v) is 7.57. The van der Waals surface area contributed by atoms with Gasteiger partial charge in [-0.15, -0.1) is 11.3 Å². The molecule has 3 rings (SSSR count). The Morgan fingerprint density at radius 3 is 2.64 bits per heavy atom. The molecule has 140 valence electrons. The van der Waals surface area contributed by atoms with Gasteiger partial charge in [-0.05, 0) is 51.5 Å². The SMILES string of the molecule is CN1CCC(N2CCC(NC(=O)Cc3ccc(S(N)(=O)=O)s3)C2)CC1. The van der Waals surface area contributed by atoms with Gasteiger partial charge in [-0.1, -0.05) is 0 Å². The van der Waals surface area contributed by atoms with Gasteiger partial charge in [0.2, 0.25) is 15.9 Å². The van der Waals surface area contributed by atoms with E-state index >= 15 is 0 Å². The summed E-state index contributed by atoms with van der Waals surface area (Å²) in [5.41, 5.74) is 0. The molecule has 3 N–H and O–H groups in total. The molecular formula is C16H26N4O3S2. The number of rotatable bonds is 5. The Kier molecular flexibility index (Phi) is 5.79. The van der Waals surface area contributed by atoms with E-state index in [9.17, 15) is 13.2 Å². The van der Waals surface area contributed by atoms with Crippen LogP contribution in [0.25, 0.3) is 0 Å². The maximum absolute atomic E-state index is 12.2. The highest BCUT2D eigenvalue weighted by Crippen LogP contribution is 2.22. The van der Waals surface area contributed by atoms with Crippen LogP contribution in [0.15, 0.2) is 16.3 Å². The van der Waals surface area contributed by atoms with Crippen molar-refractivity contribution in [3.8, 4) is 0 Å². The summed E-state index contributed by atoms with van der Waals surface area (Å²) in [5.74, 6) is -0.0574. The Balaban J connectivity index is 1.47.